The molecule has 4 rings (SSSR count). The SMILES string of the molecule is O=C(c1cc(Cl)sc1Cl)N(C[C@H]1CCCO1)c1nc2c(F)cc(F)cc2s1. The standard InChI is InChI=1S/C17H12Cl2F2N2O2S2/c18-13-6-10(15(19)27-13)16(24)23(7-9-2-1-3-25-9)17-22-14-11(21)4-8(20)5-12(14)26-17/h4-6,9H,1-3,7H2/t9-/m1/s1. The van der Waals surface area contributed by atoms with Gasteiger partial charge in [0.2, 0.25) is 0 Å². The summed E-state index contributed by atoms with van der Waals surface area (Å²) in [7, 11) is 0. The van der Waals surface area contributed by atoms with Crippen LogP contribution in [0.2, 0.25) is 8.67 Å². The summed E-state index contributed by atoms with van der Waals surface area (Å²) in [6, 6.07) is 3.46. The Balaban J connectivity index is 1.76. The summed E-state index contributed by atoms with van der Waals surface area (Å²) >= 11 is 14.2. The highest BCUT2D eigenvalue weighted by molar-refractivity contribution is 7.22. The highest BCUT2D eigenvalue weighted by Crippen LogP contribution is 2.36. The van der Waals surface area contributed by atoms with E-state index in [0.29, 0.717) is 15.6 Å². The summed E-state index contributed by atoms with van der Waals surface area (Å²) in [6.45, 7) is 0.865. The van der Waals surface area contributed by atoms with E-state index >= 15 is 0 Å². The van der Waals surface area contributed by atoms with Gasteiger partial charge in [-0.2, -0.15) is 0 Å². The zero-order chi connectivity index (χ0) is 19.1. The minimum atomic E-state index is -0.770. The lowest BCUT2D eigenvalue weighted by atomic mass is 10.2. The minimum absolute atomic E-state index is 0.0241. The Morgan fingerprint density at radius 1 is 1.30 bits per heavy atom. The lowest BCUT2D eigenvalue weighted by molar-refractivity contribution is 0.0918. The number of aromatic nitrogens is 1. The molecule has 27 heavy (non-hydrogen) atoms. The summed E-state index contributed by atoms with van der Waals surface area (Å²) < 4.78 is 34.2. The molecule has 142 valence electrons. The predicted octanol–water partition coefficient (Wildman–Crippen LogP) is 5.77. The van der Waals surface area contributed by atoms with Gasteiger partial charge in [-0.3, -0.25) is 9.69 Å². The molecule has 3 heterocycles. The number of halogens is 4. The summed E-state index contributed by atoms with van der Waals surface area (Å²) in [5.41, 5.74) is 0.270. The number of benzene rings is 1. The van der Waals surface area contributed by atoms with Crippen molar-refractivity contribution in [2.45, 2.75) is 18.9 Å². The van der Waals surface area contributed by atoms with Gasteiger partial charge in [-0.15, -0.1) is 11.3 Å². The molecule has 1 atom stereocenters. The fraction of sp³-hybridized carbons (Fsp3) is 0.294. The molecule has 0 aliphatic carbocycles. The van der Waals surface area contributed by atoms with E-state index in [4.69, 9.17) is 27.9 Å². The second-order valence-corrected chi connectivity index (χ2v) is 9.31. The molecule has 1 aromatic carbocycles. The average molecular weight is 449 g/mol. The molecule has 0 saturated carbocycles. The van der Waals surface area contributed by atoms with Gasteiger partial charge in [0.15, 0.2) is 10.9 Å². The van der Waals surface area contributed by atoms with Gasteiger partial charge in [0.25, 0.3) is 5.91 Å². The Kier molecular flexibility index (Phi) is 5.35. The van der Waals surface area contributed by atoms with E-state index in [9.17, 15) is 13.6 Å². The van der Waals surface area contributed by atoms with Crippen molar-refractivity contribution in [3.8, 4) is 0 Å². The van der Waals surface area contributed by atoms with E-state index in [-0.39, 0.29) is 33.2 Å². The Morgan fingerprint density at radius 2 is 2.11 bits per heavy atom. The number of fused-ring (bicyclic) bond motifs is 1. The molecular formula is C17H12Cl2F2N2O2S2. The maximum atomic E-state index is 14.1. The summed E-state index contributed by atoms with van der Waals surface area (Å²) in [5, 5.41) is 0.258. The number of ether oxygens (including phenoxy) is 1. The molecule has 1 amide bonds. The summed E-state index contributed by atoms with van der Waals surface area (Å²) in [5.74, 6) is -1.87. The van der Waals surface area contributed by atoms with Gasteiger partial charge in [-0.05, 0) is 25.0 Å². The normalized spacial score (nSPS) is 17.0. The van der Waals surface area contributed by atoms with Gasteiger partial charge in [0, 0.05) is 12.7 Å². The first-order valence-electron chi connectivity index (χ1n) is 8.06. The van der Waals surface area contributed by atoms with Gasteiger partial charge >= 0.3 is 0 Å². The van der Waals surface area contributed by atoms with E-state index in [0.717, 1.165) is 41.6 Å². The molecule has 1 aliphatic heterocycles. The number of carbonyl (C=O) groups excluding carboxylic acids is 1. The first kappa shape index (κ1) is 19.0. The quantitative estimate of drug-likeness (QED) is 0.508. The van der Waals surface area contributed by atoms with Crippen molar-refractivity contribution in [1.82, 2.24) is 4.98 Å². The van der Waals surface area contributed by atoms with Crippen LogP contribution in [-0.2, 0) is 4.74 Å². The molecule has 4 nitrogen and oxygen atoms in total. The second-order valence-electron chi connectivity index (χ2n) is 6.02. The predicted molar refractivity (Wildman–Crippen MR) is 105 cm³/mol. The maximum absolute atomic E-state index is 14.1. The minimum Gasteiger partial charge on any atom is -0.376 e. The lowest BCUT2D eigenvalue weighted by Crippen LogP contribution is -2.37. The van der Waals surface area contributed by atoms with Crippen molar-refractivity contribution in [3.63, 3.8) is 0 Å². The third kappa shape index (κ3) is 3.82. The molecule has 0 N–H and O–H groups in total. The number of nitrogens with zero attached hydrogens (tertiary/aromatic N) is 2. The van der Waals surface area contributed by atoms with Crippen LogP contribution in [0.25, 0.3) is 10.2 Å². The Labute approximate surface area is 171 Å². The number of carbonyl (C=O) groups is 1. The molecule has 0 radical (unpaired) electrons. The monoisotopic (exact) mass is 448 g/mol. The Hall–Kier alpha value is -1.32. The van der Waals surface area contributed by atoms with Crippen LogP contribution in [0.4, 0.5) is 13.9 Å². The number of thiophene rings is 1. The van der Waals surface area contributed by atoms with Crippen LogP contribution >= 0.6 is 45.9 Å². The summed E-state index contributed by atoms with van der Waals surface area (Å²) in [4.78, 5) is 18.8. The zero-order valence-electron chi connectivity index (χ0n) is 13.7. The van der Waals surface area contributed by atoms with Crippen molar-refractivity contribution in [2.24, 2.45) is 0 Å². The van der Waals surface area contributed by atoms with Crippen LogP contribution in [0.3, 0.4) is 0 Å². The van der Waals surface area contributed by atoms with Crippen LogP contribution in [-0.4, -0.2) is 30.1 Å². The Bertz CT molecular complexity index is 1020. The van der Waals surface area contributed by atoms with Crippen LogP contribution in [0, 0.1) is 11.6 Å². The fourth-order valence-corrected chi connectivity index (χ4v) is 5.39. The van der Waals surface area contributed by atoms with Gasteiger partial charge in [0.05, 0.1) is 27.2 Å². The van der Waals surface area contributed by atoms with E-state index in [1.165, 1.54) is 17.0 Å². The number of hydrogen-bond donors (Lipinski definition) is 0. The Morgan fingerprint density at radius 3 is 2.78 bits per heavy atom. The number of amides is 1. The van der Waals surface area contributed by atoms with Gasteiger partial charge in [-0.25, -0.2) is 13.8 Å². The average Bonchev–Trinajstić information content (AvgIpc) is 3.32. The molecule has 2 aromatic heterocycles. The zero-order valence-corrected chi connectivity index (χ0v) is 16.8. The topological polar surface area (TPSA) is 42.4 Å². The van der Waals surface area contributed by atoms with Crippen LogP contribution < -0.4 is 4.90 Å². The molecule has 0 bridgehead atoms. The number of hydrogen-bond acceptors (Lipinski definition) is 5. The number of rotatable bonds is 4. The molecule has 10 heteroatoms. The van der Waals surface area contributed by atoms with E-state index in [1.54, 1.807) is 0 Å². The number of thiazole rings is 1. The third-order valence-electron chi connectivity index (χ3n) is 4.18. The van der Waals surface area contributed by atoms with Crippen molar-refractivity contribution in [3.05, 3.63) is 44.1 Å². The molecule has 1 aliphatic rings. The van der Waals surface area contributed by atoms with Crippen molar-refractivity contribution < 1.29 is 18.3 Å². The molecule has 3 aromatic rings. The maximum Gasteiger partial charge on any atom is 0.262 e. The van der Waals surface area contributed by atoms with Crippen LogP contribution in [0.1, 0.15) is 23.2 Å². The first-order valence-corrected chi connectivity index (χ1v) is 10.4. The van der Waals surface area contributed by atoms with E-state index in [2.05, 4.69) is 4.98 Å². The molecule has 0 spiro atoms. The molecule has 1 saturated heterocycles. The van der Waals surface area contributed by atoms with Crippen LogP contribution in [0.15, 0.2) is 18.2 Å². The molecule has 0 unspecified atom stereocenters. The highest BCUT2D eigenvalue weighted by Gasteiger charge is 2.29. The largest absolute Gasteiger partial charge is 0.376 e. The second kappa shape index (κ2) is 7.60. The fourth-order valence-electron chi connectivity index (χ4n) is 2.93. The third-order valence-corrected chi connectivity index (χ3v) is 6.69. The molecular weight excluding hydrogens is 437 g/mol. The smallest absolute Gasteiger partial charge is 0.262 e. The van der Waals surface area contributed by atoms with Crippen molar-refractivity contribution in [2.75, 3.05) is 18.1 Å². The molecule has 1 fully saturated rings. The first-order chi connectivity index (χ1) is 12.9. The number of anilines is 1. The van der Waals surface area contributed by atoms with Crippen molar-refractivity contribution >= 4 is 67.1 Å². The summed E-state index contributed by atoms with van der Waals surface area (Å²) in [6.07, 6.45) is 1.54. The van der Waals surface area contributed by atoms with Gasteiger partial charge < -0.3 is 4.74 Å². The van der Waals surface area contributed by atoms with E-state index < -0.39 is 17.5 Å². The van der Waals surface area contributed by atoms with Gasteiger partial charge in [0.1, 0.15) is 15.7 Å². The van der Waals surface area contributed by atoms with E-state index in [1.807, 2.05) is 0 Å². The van der Waals surface area contributed by atoms with Crippen LogP contribution in [0.5, 0.6) is 0 Å². The van der Waals surface area contributed by atoms with Gasteiger partial charge in [-0.1, -0.05) is 34.5 Å². The van der Waals surface area contributed by atoms with Crippen molar-refractivity contribution in [1.29, 1.82) is 0 Å². The highest BCUT2D eigenvalue weighted by atomic mass is 35.5. The lowest BCUT2D eigenvalue weighted by Gasteiger charge is -2.22.